The van der Waals surface area contributed by atoms with E-state index in [-0.39, 0.29) is 5.91 Å². The first-order valence-electron chi connectivity index (χ1n) is 7.18. The maximum absolute atomic E-state index is 12.4. The third-order valence-corrected chi connectivity index (χ3v) is 4.90. The minimum Gasteiger partial charge on any atom is -0.335 e. The molecule has 114 valence electrons. The van der Waals surface area contributed by atoms with Gasteiger partial charge in [0, 0.05) is 37.3 Å². The molecule has 1 N–H and O–H groups in total. The summed E-state index contributed by atoms with van der Waals surface area (Å²) < 4.78 is 12.4. The smallest absolute Gasteiger partial charge is 0.272 e. The quantitative estimate of drug-likeness (QED) is 0.927. The van der Waals surface area contributed by atoms with Gasteiger partial charge in [-0.2, -0.15) is 0 Å². The number of benzene rings is 1. The van der Waals surface area contributed by atoms with Crippen LogP contribution in [0, 0.1) is 0 Å². The number of carbonyl (C=O) groups is 1. The molecule has 0 bridgehead atoms. The molecule has 1 amide bonds. The van der Waals surface area contributed by atoms with E-state index >= 15 is 0 Å². The van der Waals surface area contributed by atoms with E-state index in [9.17, 15) is 9.00 Å². The summed E-state index contributed by atoms with van der Waals surface area (Å²) in [4.78, 5) is 19.6. The van der Waals surface area contributed by atoms with E-state index in [4.69, 9.17) is 0 Å². The van der Waals surface area contributed by atoms with Gasteiger partial charge in [0.15, 0.2) is 0 Å². The fraction of sp³-hybridized carbons (Fsp3) is 0.250. The summed E-state index contributed by atoms with van der Waals surface area (Å²) in [6.45, 7) is 3.00. The van der Waals surface area contributed by atoms with Gasteiger partial charge in [0.25, 0.3) is 5.91 Å². The standard InChI is InChI=1S/C16H17N3O2S/c20-16(19-10-8-17-9-11-19)15-7-6-14(12-18-15)22(21)13-4-2-1-3-5-13/h1-7,12,17H,8-11H2/t22-/m0/s1. The minimum absolute atomic E-state index is 0.0708. The highest BCUT2D eigenvalue weighted by molar-refractivity contribution is 7.85. The van der Waals surface area contributed by atoms with E-state index in [1.165, 1.54) is 6.20 Å². The van der Waals surface area contributed by atoms with Crippen LogP contribution in [0.3, 0.4) is 0 Å². The third kappa shape index (κ3) is 3.23. The Morgan fingerprint density at radius 1 is 1.05 bits per heavy atom. The molecule has 1 aliphatic rings. The van der Waals surface area contributed by atoms with Crippen molar-refractivity contribution in [3.63, 3.8) is 0 Å². The van der Waals surface area contributed by atoms with Crippen LogP contribution in [0.4, 0.5) is 0 Å². The average Bonchev–Trinajstić information content (AvgIpc) is 2.62. The topological polar surface area (TPSA) is 62.3 Å². The van der Waals surface area contributed by atoms with Crippen LogP contribution in [-0.4, -0.2) is 46.2 Å². The monoisotopic (exact) mass is 315 g/mol. The molecule has 1 aromatic heterocycles. The Morgan fingerprint density at radius 3 is 2.41 bits per heavy atom. The van der Waals surface area contributed by atoms with Crippen LogP contribution >= 0.6 is 0 Å². The molecular weight excluding hydrogens is 298 g/mol. The van der Waals surface area contributed by atoms with Crippen LogP contribution in [0.1, 0.15) is 10.5 Å². The van der Waals surface area contributed by atoms with Crippen LogP contribution < -0.4 is 5.32 Å². The second kappa shape index (κ2) is 6.81. The summed E-state index contributed by atoms with van der Waals surface area (Å²) in [5.41, 5.74) is 0.399. The Balaban J connectivity index is 1.75. The van der Waals surface area contributed by atoms with Crippen molar-refractivity contribution in [3.05, 3.63) is 54.4 Å². The number of hydrogen-bond donors (Lipinski definition) is 1. The molecule has 2 aromatic rings. The number of nitrogens with one attached hydrogen (secondary N) is 1. The van der Waals surface area contributed by atoms with Gasteiger partial charge in [-0.1, -0.05) is 18.2 Å². The number of rotatable bonds is 3. The maximum atomic E-state index is 12.4. The van der Waals surface area contributed by atoms with Gasteiger partial charge in [0.2, 0.25) is 0 Å². The molecule has 2 heterocycles. The molecule has 3 rings (SSSR count). The largest absolute Gasteiger partial charge is 0.335 e. The zero-order chi connectivity index (χ0) is 15.4. The lowest BCUT2D eigenvalue weighted by Crippen LogP contribution is -2.46. The molecule has 1 fully saturated rings. The number of pyridine rings is 1. The molecule has 1 saturated heterocycles. The van der Waals surface area contributed by atoms with Crippen molar-refractivity contribution in [2.45, 2.75) is 9.79 Å². The molecule has 0 radical (unpaired) electrons. The van der Waals surface area contributed by atoms with Gasteiger partial charge in [0.05, 0.1) is 15.7 Å². The first-order valence-corrected chi connectivity index (χ1v) is 8.33. The van der Waals surface area contributed by atoms with E-state index in [0.29, 0.717) is 23.7 Å². The lowest BCUT2D eigenvalue weighted by atomic mass is 10.3. The molecule has 0 aliphatic carbocycles. The van der Waals surface area contributed by atoms with Gasteiger partial charge >= 0.3 is 0 Å². The van der Waals surface area contributed by atoms with Crippen molar-refractivity contribution < 1.29 is 9.00 Å². The molecule has 5 nitrogen and oxygen atoms in total. The average molecular weight is 315 g/mol. The SMILES string of the molecule is O=C(c1ccc([S@@](=O)c2ccccc2)cn1)N1CCNCC1. The molecule has 1 atom stereocenters. The summed E-state index contributed by atoms with van der Waals surface area (Å²) in [5.74, 6) is -0.0708. The van der Waals surface area contributed by atoms with Crippen LogP contribution in [0.5, 0.6) is 0 Å². The van der Waals surface area contributed by atoms with E-state index in [2.05, 4.69) is 10.3 Å². The van der Waals surface area contributed by atoms with Crippen molar-refractivity contribution in [1.29, 1.82) is 0 Å². The Bertz CT molecular complexity index is 668. The Morgan fingerprint density at radius 2 is 1.77 bits per heavy atom. The highest BCUT2D eigenvalue weighted by Gasteiger charge is 2.19. The fourth-order valence-corrected chi connectivity index (χ4v) is 3.34. The third-order valence-electron chi connectivity index (χ3n) is 3.53. The summed E-state index contributed by atoms with van der Waals surface area (Å²) in [6, 6.07) is 12.6. The predicted octanol–water partition coefficient (Wildman–Crippen LogP) is 1.29. The molecule has 0 unspecified atom stereocenters. The second-order valence-corrected chi connectivity index (χ2v) is 6.48. The molecule has 1 aliphatic heterocycles. The lowest BCUT2D eigenvalue weighted by molar-refractivity contribution is 0.0729. The van der Waals surface area contributed by atoms with Crippen molar-refractivity contribution in [1.82, 2.24) is 15.2 Å². The fourth-order valence-electron chi connectivity index (χ4n) is 2.33. The number of carbonyl (C=O) groups excluding carboxylic acids is 1. The zero-order valence-corrected chi connectivity index (χ0v) is 12.9. The van der Waals surface area contributed by atoms with E-state index < -0.39 is 10.8 Å². The van der Waals surface area contributed by atoms with Crippen LogP contribution in [0.2, 0.25) is 0 Å². The highest BCUT2D eigenvalue weighted by Crippen LogP contribution is 2.15. The normalized spacial score (nSPS) is 16.3. The predicted molar refractivity (Wildman–Crippen MR) is 84.1 cm³/mol. The number of amides is 1. The van der Waals surface area contributed by atoms with Gasteiger partial charge in [-0.25, -0.2) is 9.19 Å². The first kappa shape index (κ1) is 14.9. The summed E-state index contributed by atoms with van der Waals surface area (Å²) >= 11 is 0. The summed E-state index contributed by atoms with van der Waals surface area (Å²) in [7, 11) is -1.27. The lowest BCUT2D eigenvalue weighted by Gasteiger charge is -2.27. The highest BCUT2D eigenvalue weighted by atomic mass is 32.2. The molecule has 22 heavy (non-hydrogen) atoms. The van der Waals surface area contributed by atoms with E-state index in [1.54, 1.807) is 17.0 Å². The second-order valence-electron chi connectivity index (χ2n) is 5.00. The number of nitrogens with zero attached hydrogens (tertiary/aromatic N) is 2. The Kier molecular flexibility index (Phi) is 4.60. The van der Waals surface area contributed by atoms with Crippen molar-refractivity contribution in [2.75, 3.05) is 26.2 Å². The van der Waals surface area contributed by atoms with Crippen molar-refractivity contribution in [2.24, 2.45) is 0 Å². The number of hydrogen-bond acceptors (Lipinski definition) is 4. The van der Waals surface area contributed by atoms with Gasteiger partial charge in [0.1, 0.15) is 5.69 Å². The van der Waals surface area contributed by atoms with E-state index in [1.807, 2.05) is 30.3 Å². The zero-order valence-electron chi connectivity index (χ0n) is 12.1. The van der Waals surface area contributed by atoms with Crippen molar-refractivity contribution >= 4 is 16.7 Å². The number of aromatic nitrogens is 1. The van der Waals surface area contributed by atoms with Crippen LogP contribution in [-0.2, 0) is 10.8 Å². The Labute approximate surface area is 131 Å². The van der Waals surface area contributed by atoms with Gasteiger partial charge in [-0.05, 0) is 24.3 Å². The molecule has 0 spiro atoms. The number of piperazine rings is 1. The Hall–Kier alpha value is -2.05. The van der Waals surface area contributed by atoms with Gasteiger partial charge < -0.3 is 10.2 Å². The van der Waals surface area contributed by atoms with Gasteiger partial charge in [-0.15, -0.1) is 0 Å². The summed E-state index contributed by atoms with van der Waals surface area (Å²) in [6.07, 6.45) is 1.53. The minimum atomic E-state index is -1.27. The summed E-state index contributed by atoms with van der Waals surface area (Å²) in [5, 5.41) is 3.21. The molecule has 0 saturated carbocycles. The van der Waals surface area contributed by atoms with Crippen molar-refractivity contribution in [3.8, 4) is 0 Å². The molecule has 6 heteroatoms. The molecule has 1 aromatic carbocycles. The van der Waals surface area contributed by atoms with Crippen LogP contribution in [0.25, 0.3) is 0 Å². The van der Waals surface area contributed by atoms with E-state index in [0.717, 1.165) is 18.0 Å². The maximum Gasteiger partial charge on any atom is 0.272 e. The molecular formula is C16H17N3O2S. The van der Waals surface area contributed by atoms with Gasteiger partial charge in [-0.3, -0.25) is 4.79 Å². The first-order chi connectivity index (χ1) is 10.8. The van der Waals surface area contributed by atoms with Crippen LogP contribution in [0.15, 0.2) is 58.5 Å².